The highest BCUT2D eigenvalue weighted by Crippen LogP contribution is 2.24. The van der Waals surface area contributed by atoms with Crippen LogP contribution in [0.5, 0.6) is 0 Å². The molecule has 7 heteroatoms. The first-order chi connectivity index (χ1) is 8.52. The summed E-state index contributed by atoms with van der Waals surface area (Å²) in [6, 6.07) is -0.305. The molecule has 1 aliphatic heterocycles. The van der Waals surface area contributed by atoms with Crippen LogP contribution in [-0.4, -0.2) is 46.4 Å². The van der Waals surface area contributed by atoms with Crippen LogP contribution in [0.15, 0.2) is 6.20 Å². The second-order valence-corrected chi connectivity index (χ2v) is 4.91. The van der Waals surface area contributed by atoms with Gasteiger partial charge in [-0.15, -0.1) is 0 Å². The Morgan fingerprint density at radius 2 is 2.44 bits per heavy atom. The van der Waals surface area contributed by atoms with Crippen molar-refractivity contribution in [3.8, 4) is 0 Å². The van der Waals surface area contributed by atoms with E-state index >= 15 is 0 Å². The Morgan fingerprint density at radius 3 is 2.94 bits per heavy atom. The molecule has 6 nitrogen and oxygen atoms in total. The van der Waals surface area contributed by atoms with E-state index in [1.807, 2.05) is 11.9 Å². The summed E-state index contributed by atoms with van der Waals surface area (Å²) in [5, 5.41) is 4.68. The molecule has 1 aliphatic rings. The lowest BCUT2D eigenvalue weighted by Crippen LogP contribution is -2.40. The average Bonchev–Trinajstić information content (AvgIpc) is 2.87. The van der Waals surface area contributed by atoms with Gasteiger partial charge in [0.05, 0.1) is 29.1 Å². The molecule has 0 saturated carbocycles. The molecule has 2 N–H and O–H groups in total. The topological polar surface area (TPSA) is 73.4 Å². The number of ether oxygens (including phenoxy) is 1. The molecule has 1 saturated heterocycles. The Labute approximate surface area is 111 Å². The van der Waals surface area contributed by atoms with Crippen LogP contribution in [0, 0.1) is 0 Å². The highest BCUT2D eigenvalue weighted by atomic mass is 35.5. The van der Waals surface area contributed by atoms with Gasteiger partial charge < -0.3 is 10.5 Å². The first kappa shape index (κ1) is 13.3. The van der Waals surface area contributed by atoms with Crippen LogP contribution >= 0.6 is 11.6 Å². The minimum atomic E-state index is -0.326. The number of methoxy groups -OCH3 is 1. The van der Waals surface area contributed by atoms with Gasteiger partial charge >= 0.3 is 0 Å². The van der Waals surface area contributed by atoms with E-state index in [1.165, 1.54) is 0 Å². The van der Waals surface area contributed by atoms with Crippen LogP contribution in [0.3, 0.4) is 0 Å². The molecule has 1 aromatic heterocycles. The molecule has 2 rings (SSSR count). The normalized spacial score (nSPS) is 24.6. The first-order valence-corrected chi connectivity index (χ1v) is 6.13. The first-order valence-electron chi connectivity index (χ1n) is 5.75. The predicted molar refractivity (Wildman–Crippen MR) is 67.0 cm³/mol. The van der Waals surface area contributed by atoms with Gasteiger partial charge in [0.25, 0.3) is 0 Å². The molecule has 0 radical (unpaired) electrons. The fraction of sp³-hybridized carbons (Fsp3) is 0.636. The lowest BCUT2D eigenvalue weighted by atomic mass is 10.2. The van der Waals surface area contributed by atoms with E-state index in [0.717, 1.165) is 5.69 Å². The van der Waals surface area contributed by atoms with Gasteiger partial charge in [0, 0.05) is 27.2 Å². The number of hydrogen-bond donors (Lipinski definition) is 1. The number of amides is 1. The number of rotatable bonds is 4. The van der Waals surface area contributed by atoms with Crippen molar-refractivity contribution in [2.45, 2.75) is 25.1 Å². The molecular weight excluding hydrogens is 256 g/mol. The summed E-state index contributed by atoms with van der Waals surface area (Å²) in [5.41, 5.74) is 6.29. The average molecular weight is 273 g/mol. The number of aromatic nitrogens is 2. The summed E-state index contributed by atoms with van der Waals surface area (Å²) < 4.78 is 7.01. The van der Waals surface area contributed by atoms with Gasteiger partial charge in [0.2, 0.25) is 5.91 Å². The Bertz CT molecular complexity index is 429. The number of hydrogen-bond acceptors (Lipinski definition) is 4. The van der Waals surface area contributed by atoms with Gasteiger partial charge in [-0.2, -0.15) is 5.10 Å². The SMILES string of the molecule is CO[C@H]1C[C@@H](C(N)=O)N(Cc2c(Cl)cnn2C)C1. The summed E-state index contributed by atoms with van der Waals surface area (Å²) in [6.07, 6.45) is 2.26. The maximum Gasteiger partial charge on any atom is 0.234 e. The van der Waals surface area contributed by atoms with Crippen molar-refractivity contribution < 1.29 is 9.53 Å². The second-order valence-electron chi connectivity index (χ2n) is 4.50. The fourth-order valence-electron chi connectivity index (χ4n) is 2.31. The molecule has 0 aromatic carbocycles. The van der Waals surface area contributed by atoms with Crippen LogP contribution in [0.2, 0.25) is 5.02 Å². The zero-order chi connectivity index (χ0) is 13.3. The third kappa shape index (κ3) is 2.50. The van der Waals surface area contributed by atoms with E-state index in [9.17, 15) is 4.79 Å². The Kier molecular flexibility index (Phi) is 3.89. The van der Waals surface area contributed by atoms with E-state index in [0.29, 0.717) is 24.5 Å². The maximum atomic E-state index is 11.4. The van der Waals surface area contributed by atoms with E-state index < -0.39 is 0 Å². The fourth-order valence-corrected chi connectivity index (χ4v) is 2.54. The molecule has 1 aromatic rings. The molecule has 100 valence electrons. The molecule has 2 atom stereocenters. The van der Waals surface area contributed by atoms with Crippen molar-refractivity contribution in [2.75, 3.05) is 13.7 Å². The van der Waals surface area contributed by atoms with E-state index in [4.69, 9.17) is 22.1 Å². The zero-order valence-electron chi connectivity index (χ0n) is 10.5. The number of carbonyl (C=O) groups excluding carboxylic acids is 1. The minimum Gasteiger partial charge on any atom is -0.380 e. The predicted octanol–water partition coefficient (Wildman–Crippen LogP) is 0.148. The number of likely N-dealkylation sites (tertiary alicyclic amines) is 1. The van der Waals surface area contributed by atoms with Gasteiger partial charge in [-0.05, 0) is 6.42 Å². The third-order valence-electron chi connectivity index (χ3n) is 3.39. The van der Waals surface area contributed by atoms with Crippen molar-refractivity contribution >= 4 is 17.5 Å². The largest absolute Gasteiger partial charge is 0.380 e. The zero-order valence-corrected chi connectivity index (χ0v) is 11.2. The number of aryl methyl sites for hydroxylation is 1. The van der Waals surface area contributed by atoms with E-state index in [2.05, 4.69) is 5.10 Å². The minimum absolute atomic E-state index is 0.0366. The number of nitrogens with two attached hydrogens (primary N) is 1. The third-order valence-corrected chi connectivity index (χ3v) is 3.71. The number of halogens is 1. The van der Waals surface area contributed by atoms with Gasteiger partial charge in [-0.1, -0.05) is 11.6 Å². The molecule has 2 heterocycles. The molecular formula is C11H17ClN4O2. The Hall–Kier alpha value is -1.11. The van der Waals surface area contributed by atoms with E-state index in [1.54, 1.807) is 18.0 Å². The smallest absolute Gasteiger partial charge is 0.234 e. The van der Waals surface area contributed by atoms with Crippen molar-refractivity contribution in [3.63, 3.8) is 0 Å². The van der Waals surface area contributed by atoms with Crippen molar-refractivity contribution in [2.24, 2.45) is 12.8 Å². The van der Waals surface area contributed by atoms with Crippen LogP contribution in [0.4, 0.5) is 0 Å². The standard InChI is InChI=1S/C11H17ClN4O2/c1-15-10(8(12)4-14-15)6-16-5-7(18-2)3-9(16)11(13)17/h4,7,9H,3,5-6H2,1-2H3,(H2,13,17)/t7-,9-/m0/s1. The maximum absolute atomic E-state index is 11.4. The van der Waals surface area contributed by atoms with Crippen molar-refractivity contribution in [3.05, 3.63) is 16.9 Å². The molecule has 0 aliphatic carbocycles. The van der Waals surface area contributed by atoms with Crippen LogP contribution < -0.4 is 5.73 Å². The molecule has 1 fully saturated rings. The Morgan fingerprint density at radius 1 is 1.72 bits per heavy atom. The lowest BCUT2D eigenvalue weighted by Gasteiger charge is -2.21. The summed E-state index contributed by atoms with van der Waals surface area (Å²) in [6.45, 7) is 1.22. The van der Waals surface area contributed by atoms with Gasteiger partial charge in [0.15, 0.2) is 0 Å². The second kappa shape index (κ2) is 5.26. The number of carbonyl (C=O) groups is 1. The van der Waals surface area contributed by atoms with E-state index in [-0.39, 0.29) is 18.1 Å². The van der Waals surface area contributed by atoms with Crippen LogP contribution in [0.25, 0.3) is 0 Å². The van der Waals surface area contributed by atoms with Crippen LogP contribution in [-0.2, 0) is 23.1 Å². The summed E-state index contributed by atoms with van der Waals surface area (Å²) >= 11 is 6.06. The summed E-state index contributed by atoms with van der Waals surface area (Å²) in [7, 11) is 3.47. The molecule has 1 amide bonds. The van der Waals surface area contributed by atoms with Gasteiger partial charge in [-0.25, -0.2) is 0 Å². The quantitative estimate of drug-likeness (QED) is 0.847. The monoisotopic (exact) mass is 272 g/mol. The Balaban J connectivity index is 2.14. The van der Waals surface area contributed by atoms with Crippen molar-refractivity contribution in [1.29, 1.82) is 0 Å². The molecule has 0 unspecified atom stereocenters. The highest BCUT2D eigenvalue weighted by Gasteiger charge is 2.36. The molecule has 18 heavy (non-hydrogen) atoms. The van der Waals surface area contributed by atoms with Crippen LogP contribution in [0.1, 0.15) is 12.1 Å². The molecule has 0 bridgehead atoms. The molecule has 0 spiro atoms. The summed E-state index contributed by atoms with van der Waals surface area (Å²) in [5.74, 6) is -0.326. The lowest BCUT2D eigenvalue weighted by molar-refractivity contribution is -0.122. The number of nitrogens with zero attached hydrogens (tertiary/aromatic N) is 3. The van der Waals surface area contributed by atoms with Gasteiger partial charge in [-0.3, -0.25) is 14.4 Å². The number of primary amides is 1. The van der Waals surface area contributed by atoms with Gasteiger partial charge in [0.1, 0.15) is 0 Å². The highest BCUT2D eigenvalue weighted by molar-refractivity contribution is 6.31. The summed E-state index contributed by atoms with van der Waals surface area (Å²) in [4.78, 5) is 13.4. The van der Waals surface area contributed by atoms with Crippen molar-refractivity contribution in [1.82, 2.24) is 14.7 Å².